The molecule has 0 N–H and O–H groups in total. The van der Waals surface area contributed by atoms with Crippen molar-refractivity contribution in [3.8, 4) is 0 Å². The molecule has 2 rings (SSSR count). The van der Waals surface area contributed by atoms with E-state index in [-0.39, 0.29) is 23.7 Å². The fourth-order valence-corrected chi connectivity index (χ4v) is 15.3. The van der Waals surface area contributed by atoms with Crippen LogP contribution in [0.2, 0.25) is 0 Å². The van der Waals surface area contributed by atoms with E-state index in [0.717, 1.165) is 29.5 Å². The first-order valence-electron chi connectivity index (χ1n) is 13.0. The Kier molecular flexibility index (Phi) is 11.3. The standard InChI is InChI=1S/C30H46O3Te2/c1-17(2)23-13-25(19(5)6)29(26(14-23)20(7)8)34(31)33-35(32)30-27(21(9)10)15-24(18(3)4)16-28(30)22(11)12/h13-22H,1-12H3. The van der Waals surface area contributed by atoms with Crippen LogP contribution >= 0.6 is 0 Å². The quantitative estimate of drug-likeness (QED) is 0.242. The average molecular weight is 710 g/mol. The second-order valence-electron chi connectivity index (χ2n) is 11.5. The maximum absolute atomic E-state index is 14.0. The Morgan fingerprint density at radius 1 is 0.457 bits per heavy atom. The van der Waals surface area contributed by atoms with E-state index in [1.54, 1.807) is 0 Å². The zero-order valence-electron chi connectivity index (χ0n) is 23.8. The molecule has 0 heterocycles. The second kappa shape index (κ2) is 12.9. The van der Waals surface area contributed by atoms with E-state index in [1.807, 2.05) is 0 Å². The van der Waals surface area contributed by atoms with E-state index >= 15 is 0 Å². The number of rotatable bonds is 10. The molecule has 0 radical (unpaired) electrons. The van der Waals surface area contributed by atoms with Crippen molar-refractivity contribution >= 4 is 47.1 Å². The molecular weight excluding hydrogens is 664 g/mol. The summed E-state index contributed by atoms with van der Waals surface area (Å²) in [6.45, 7) is 25.9. The number of benzene rings is 2. The molecule has 35 heavy (non-hydrogen) atoms. The van der Waals surface area contributed by atoms with Crippen LogP contribution in [0.3, 0.4) is 0 Å². The van der Waals surface area contributed by atoms with Gasteiger partial charge < -0.3 is 0 Å². The van der Waals surface area contributed by atoms with Gasteiger partial charge in [0.2, 0.25) is 0 Å². The molecule has 2 aromatic carbocycles. The molecule has 0 amide bonds. The van der Waals surface area contributed by atoms with Gasteiger partial charge in [0, 0.05) is 0 Å². The van der Waals surface area contributed by atoms with E-state index < -0.39 is 39.9 Å². The van der Waals surface area contributed by atoms with Crippen molar-refractivity contribution in [3.05, 3.63) is 57.6 Å². The minimum atomic E-state index is -3.53. The Morgan fingerprint density at radius 3 is 0.857 bits per heavy atom. The first-order chi connectivity index (χ1) is 16.2. The molecule has 0 saturated heterocycles. The number of hydrogen-bond acceptors (Lipinski definition) is 3. The van der Waals surface area contributed by atoms with Crippen molar-refractivity contribution in [1.82, 2.24) is 0 Å². The molecule has 0 atom stereocenters. The summed E-state index contributed by atoms with van der Waals surface area (Å²) >= 11 is -7.07. The van der Waals surface area contributed by atoms with Gasteiger partial charge in [-0.2, -0.15) is 0 Å². The van der Waals surface area contributed by atoms with E-state index in [4.69, 9.17) is 1.47 Å². The van der Waals surface area contributed by atoms with Gasteiger partial charge in [0.1, 0.15) is 0 Å². The summed E-state index contributed by atoms with van der Waals surface area (Å²) in [6, 6.07) is 8.81. The summed E-state index contributed by atoms with van der Waals surface area (Å²) < 4.78 is 35.9. The van der Waals surface area contributed by atoms with E-state index in [0.29, 0.717) is 11.8 Å². The monoisotopic (exact) mass is 714 g/mol. The predicted octanol–water partition coefficient (Wildman–Crippen LogP) is 7.40. The molecule has 196 valence electrons. The van der Waals surface area contributed by atoms with Gasteiger partial charge in [0.05, 0.1) is 0 Å². The summed E-state index contributed by atoms with van der Waals surface area (Å²) in [4.78, 5) is 0. The van der Waals surface area contributed by atoms with E-state index in [1.165, 1.54) is 11.1 Å². The first-order valence-corrected chi connectivity index (χ1v) is 19.2. The molecule has 0 unspecified atom stereocenters. The Labute approximate surface area is 229 Å². The Morgan fingerprint density at radius 2 is 0.686 bits per heavy atom. The molecule has 0 aliphatic rings. The number of hydrogen-bond donors (Lipinski definition) is 0. The molecular formula is C30H46O3Te2. The molecule has 5 heteroatoms. The fourth-order valence-electron chi connectivity index (χ4n) is 4.29. The van der Waals surface area contributed by atoms with Crippen molar-refractivity contribution < 1.29 is 7.67 Å². The van der Waals surface area contributed by atoms with Crippen molar-refractivity contribution in [3.63, 3.8) is 0 Å². The molecule has 0 aromatic heterocycles. The van der Waals surface area contributed by atoms with Crippen LogP contribution in [0, 0.1) is 0 Å². The van der Waals surface area contributed by atoms with Crippen LogP contribution in [-0.4, -0.2) is 39.9 Å². The summed E-state index contributed by atoms with van der Waals surface area (Å²) in [5.41, 5.74) is 6.92. The van der Waals surface area contributed by atoms with E-state index in [9.17, 15) is 6.21 Å². The summed E-state index contributed by atoms with van der Waals surface area (Å²) in [5.74, 6) is 1.67. The predicted molar refractivity (Wildman–Crippen MR) is 151 cm³/mol. The third-order valence-corrected chi connectivity index (χ3v) is 16.6. The summed E-state index contributed by atoms with van der Waals surface area (Å²) in [5, 5.41) is 0. The Balaban J connectivity index is 2.67. The zero-order chi connectivity index (χ0) is 26.8. The second-order valence-corrected chi connectivity index (χ2v) is 19.5. The van der Waals surface area contributed by atoms with Crippen LogP contribution in [0.1, 0.15) is 152 Å². The molecule has 0 bridgehead atoms. The fraction of sp³-hybridized carbons (Fsp3) is 0.600. The van der Waals surface area contributed by atoms with Crippen LogP contribution in [0.25, 0.3) is 0 Å². The molecule has 3 nitrogen and oxygen atoms in total. The van der Waals surface area contributed by atoms with Crippen LogP contribution in [0.15, 0.2) is 24.3 Å². The van der Waals surface area contributed by atoms with Gasteiger partial charge in [-0.25, -0.2) is 0 Å². The molecule has 0 fully saturated rings. The summed E-state index contributed by atoms with van der Waals surface area (Å²) in [6.07, 6.45) is 0. The average Bonchev–Trinajstić information content (AvgIpc) is 2.76. The maximum atomic E-state index is 14.0. The van der Waals surface area contributed by atoms with Crippen LogP contribution in [-0.2, 0) is 7.67 Å². The van der Waals surface area contributed by atoms with Crippen molar-refractivity contribution in [2.75, 3.05) is 0 Å². The Hall–Kier alpha value is -0.421. The third-order valence-electron chi connectivity index (χ3n) is 6.62. The molecule has 0 saturated carbocycles. The molecule has 0 aliphatic carbocycles. The SMILES string of the molecule is CC(C)c1cc(C(C)C)c([Te](=O)O[Te](=O)c2c(C(C)C)cc(C(C)C)cc2C(C)C)c(C(C)C)c1. The zero-order valence-corrected chi connectivity index (χ0v) is 28.5. The van der Waals surface area contributed by atoms with Gasteiger partial charge in [-0.05, 0) is 0 Å². The van der Waals surface area contributed by atoms with Gasteiger partial charge in [-0.3, -0.25) is 0 Å². The normalized spacial score (nSPS) is 12.7. The third kappa shape index (κ3) is 7.33. The molecule has 0 aliphatic heterocycles. The van der Waals surface area contributed by atoms with E-state index in [2.05, 4.69) is 107 Å². The van der Waals surface area contributed by atoms with Crippen molar-refractivity contribution in [1.29, 1.82) is 0 Å². The van der Waals surface area contributed by atoms with Gasteiger partial charge in [0.15, 0.2) is 0 Å². The minimum absolute atomic E-state index is 0.223. The van der Waals surface area contributed by atoms with Crippen LogP contribution in [0.4, 0.5) is 0 Å². The van der Waals surface area contributed by atoms with Crippen molar-refractivity contribution in [2.24, 2.45) is 0 Å². The van der Waals surface area contributed by atoms with Gasteiger partial charge in [0.25, 0.3) is 0 Å². The Bertz CT molecular complexity index is 935. The summed E-state index contributed by atoms with van der Waals surface area (Å²) in [7, 11) is 0. The first kappa shape index (κ1) is 30.8. The topological polar surface area (TPSA) is 43.4 Å². The van der Waals surface area contributed by atoms with Crippen molar-refractivity contribution in [2.45, 2.75) is 119 Å². The van der Waals surface area contributed by atoms with Gasteiger partial charge in [-0.15, -0.1) is 0 Å². The van der Waals surface area contributed by atoms with Gasteiger partial charge in [-0.1, -0.05) is 0 Å². The van der Waals surface area contributed by atoms with Gasteiger partial charge >= 0.3 is 231 Å². The molecule has 0 spiro atoms. The van der Waals surface area contributed by atoms with Crippen LogP contribution < -0.4 is 7.22 Å². The van der Waals surface area contributed by atoms with Crippen LogP contribution in [0.5, 0.6) is 0 Å². The molecule has 2 aromatic rings.